The minimum atomic E-state index is 0.108. The van der Waals surface area contributed by atoms with E-state index in [-0.39, 0.29) is 6.61 Å². The second-order valence-electron chi connectivity index (χ2n) is 2.95. The number of hydrogen-bond donors (Lipinski definition) is 1. The summed E-state index contributed by atoms with van der Waals surface area (Å²) in [4.78, 5) is 0. The maximum atomic E-state index is 8.56. The van der Waals surface area contributed by atoms with Gasteiger partial charge in [0.1, 0.15) is 0 Å². The molecule has 15 heavy (non-hydrogen) atoms. The molecule has 0 aliphatic carbocycles. The minimum Gasteiger partial charge on any atom is -0.396 e. The molecule has 0 radical (unpaired) electrons. The van der Waals surface area contributed by atoms with E-state index in [0.717, 1.165) is 0 Å². The Balaban J connectivity index is 2.63. The lowest BCUT2D eigenvalue weighted by Crippen LogP contribution is -1.99. The molecule has 0 aliphatic rings. The van der Waals surface area contributed by atoms with Gasteiger partial charge in [0.25, 0.3) is 0 Å². The Morgan fingerprint density at radius 3 is 2.47 bits per heavy atom. The van der Waals surface area contributed by atoms with Gasteiger partial charge in [-0.1, -0.05) is 34.8 Å². The van der Waals surface area contributed by atoms with Crippen LogP contribution in [0.2, 0.25) is 15.1 Å². The third-order valence-corrected chi connectivity index (χ3v) is 3.03. The average molecular weight is 270 g/mol. The van der Waals surface area contributed by atoms with Crippen LogP contribution in [-0.2, 0) is 11.3 Å². The lowest BCUT2D eigenvalue weighted by atomic mass is 10.2. The number of ether oxygens (including phenoxy) is 1. The predicted octanol–water partition coefficient (Wildman–Crippen LogP) is 3.55. The lowest BCUT2D eigenvalue weighted by molar-refractivity contribution is 0.104. The molecular formula is C10H11Cl3O2. The molecule has 0 bridgehead atoms. The van der Waals surface area contributed by atoms with Crippen LogP contribution in [0.15, 0.2) is 12.1 Å². The molecule has 1 N–H and O–H groups in total. The highest BCUT2D eigenvalue weighted by molar-refractivity contribution is 6.44. The summed E-state index contributed by atoms with van der Waals surface area (Å²) >= 11 is 17.7. The first-order valence-corrected chi connectivity index (χ1v) is 5.61. The molecule has 0 amide bonds. The summed E-state index contributed by atoms with van der Waals surface area (Å²) in [5.41, 5.74) is 0.684. The maximum absolute atomic E-state index is 8.56. The molecule has 84 valence electrons. The number of halogens is 3. The van der Waals surface area contributed by atoms with Crippen LogP contribution in [0.3, 0.4) is 0 Å². The fraction of sp³-hybridized carbons (Fsp3) is 0.400. The summed E-state index contributed by atoms with van der Waals surface area (Å²) in [5, 5.41) is 9.98. The van der Waals surface area contributed by atoms with Crippen LogP contribution in [0.4, 0.5) is 0 Å². The number of benzene rings is 1. The van der Waals surface area contributed by atoms with Crippen molar-refractivity contribution in [1.29, 1.82) is 0 Å². The molecule has 1 aromatic carbocycles. The summed E-state index contributed by atoms with van der Waals surface area (Å²) in [6.07, 6.45) is 0.593. The molecule has 0 saturated heterocycles. The van der Waals surface area contributed by atoms with Gasteiger partial charge < -0.3 is 9.84 Å². The third-order valence-electron chi connectivity index (χ3n) is 1.83. The standard InChI is InChI=1S/C10H11Cl3O2/c11-8-2-3-9(12)10(13)7(8)6-15-5-1-4-14/h2-3,14H,1,4-6H2. The Morgan fingerprint density at radius 2 is 1.80 bits per heavy atom. The van der Waals surface area contributed by atoms with Gasteiger partial charge >= 0.3 is 0 Å². The third kappa shape index (κ3) is 3.82. The van der Waals surface area contributed by atoms with E-state index in [0.29, 0.717) is 40.3 Å². The molecule has 1 aromatic rings. The van der Waals surface area contributed by atoms with Crippen LogP contribution in [-0.4, -0.2) is 18.3 Å². The quantitative estimate of drug-likeness (QED) is 0.654. The van der Waals surface area contributed by atoms with Crippen molar-refractivity contribution in [3.8, 4) is 0 Å². The summed E-state index contributed by atoms with van der Waals surface area (Å²) in [6, 6.07) is 3.32. The second-order valence-corrected chi connectivity index (χ2v) is 4.14. The van der Waals surface area contributed by atoms with Crippen molar-refractivity contribution < 1.29 is 9.84 Å². The Kier molecular flexibility index (Phi) is 5.72. The number of rotatable bonds is 5. The van der Waals surface area contributed by atoms with Crippen molar-refractivity contribution in [2.75, 3.05) is 13.2 Å². The molecule has 2 nitrogen and oxygen atoms in total. The van der Waals surface area contributed by atoms with E-state index in [4.69, 9.17) is 44.6 Å². The van der Waals surface area contributed by atoms with Crippen LogP contribution < -0.4 is 0 Å². The Bertz CT molecular complexity index is 329. The fourth-order valence-corrected chi connectivity index (χ4v) is 1.70. The largest absolute Gasteiger partial charge is 0.396 e. The van der Waals surface area contributed by atoms with Gasteiger partial charge in [-0.05, 0) is 18.6 Å². The molecule has 0 aromatic heterocycles. The van der Waals surface area contributed by atoms with Gasteiger partial charge in [-0.15, -0.1) is 0 Å². The summed E-state index contributed by atoms with van der Waals surface area (Å²) in [5.74, 6) is 0. The van der Waals surface area contributed by atoms with Crippen molar-refractivity contribution in [3.05, 3.63) is 32.8 Å². The maximum Gasteiger partial charge on any atom is 0.0746 e. The monoisotopic (exact) mass is 268 g/mol. The van der Waals surface area contributed by atoms with E-state index in [9.17, 15) is 0 Å². The first-order chi connectivity index (χ1) is 7.16. The average Bonchev–Trinajstić information content (AvgIpc) is 2.23. The Morgan fingerprint density at radius 1 is 1.13 bits per heavy atom. The molecule has 0 saturated carbocycles. The SMILES string of the molecule is OCCCOCc1c(Cl)ccc(Cl)c1Cl. The van der Waals surface area contributed by atoms with Crippen LogP contribution in [0.25, 0.3) is 0 Å². The van der Waals surface area contributed by atoms with Gasteiger partial charge in [-0.3, -0.25) is 0 Å². The lowest BCUT2D eigenvalue weighted by Gasteiger charge is -2.08. The van der Waals surface area contributed by atoms with E-state index < -0.39 is 0 Å². The van der Waals surface area contributed by atoms with Crippen LogP contribution in [0.5, 0.6) is 0 Å². The van der Waals surface area contributed by atoms with Crippen LogP contribution in [0.1, 0.15) is 12.0 Å². The Hall–Kier alpha value is 0.01000. The smallest absolute Gasteiger partial charge is 0.0746 e. The zero-order valence-corrected chi connectivity index (χ0v) is 10.2. The minimum absolute atomic E-state index is 0.108. The molecule has 0 atom stereocenters. The van der Waals surface area contributed by atoms with Crippen LogP contribution in [0, 0.1) is 0 Å². The zero-order valence-electron chi connectivity index (χ0n) is 7.97. The second kappa shape index (κ2) is 6.56. The molecule has 5 heteroatoms. The van der Waals surface area contributed by atoms with Crippen molar-refractivity contribution in [3.63, 3.8) is 0 Å². The first-order valence-electron chi connectivity index (χ1n) is 4.47. The molecule has 0 fully saturated rings. The van der Waals surface area contributed by atoms with Gasteiger partial charge in [0.05, 0.1) is 16.7 Å². The highest BCUT2D eigenvalue weighted by Crippen LogP contribution is 2.31. The molecule has 1 rings (SSSR count). The number of hydrogen-bond acceptors (Lipinski definition) is 2. The zero-order chi connectivity index (χ0) is 11.3. The molecular weight excluding hydrogens is 258 g/mol. The number of aliphatic hydroxyl groups is 1. The fourth-order valence-electron chi connectivity index (χ4n) is 1.04. The topological polar surface area (TPSA) is 29.5 Å². The summed E-state index contributed by atoms with van der Waals surface area (Å²) < 4.78 is 5.29. The van der Waals surface area contributed by atoms with Gasteiger partial charge in [-0.2, -0.15) is 0 Å². The highest BCUT2D eigenvalue weighted by Gasteiger charge is 2.09. The van der Waals surface area contributed by atoms with Gasteiger partial charge in [0, 0.05) is 23.8 Å². The van der Waals surface area contributed by atoms with E-state index >= 15 is 0 Å². The van der Waals surface area contributed by atoms with E-state index in [1.54, 1.807) is 12.1 Å². The van der Waals surface area contributed by atoms with E-state index in [2.05, 4.69) is 0 Å². The summed E-state index contributed by atoms with van der Waals surface area (Å²) in [6.45, 7) is 0.880. The predicted molar refractivity (Wildman–Crippen MR) is 62.8 cm³/mol. The molecule has 0 unspecified atom stereocenters. The number of aliphatic hydroxyl groups excluding tert-OH is 1. The first kappa shape index (κ1) is 13.1. The van der Waals surface area contributed by atoms with Crippen LogP contribution >= 0.6 is 34.8 Å². The Labute approximate surface area is 104 Å². The van der Waals surface area contributed by atoms with Crippen molar-refractivity contribution in [2.45, 2.75) is 13.0 Å². The highest BCUT2D eigenvalue weighted by atomic mass is 35.5. The summed E-state index contributed by atoms with van der Waals surface area (Å²) in [7, 11) is 0. The van der Waals surface area contributed by atoms with E-state index in [1.807, 2.05) is 0 Å². The van der Waals surface area contributed by atoms with Gasteiger partial charge in [0.2, 0.25) is 0 Å². The van der Waals surface area contributed by atoms with Crippen molar-refractivity contribution in [1.82, 2.24) is 0 Å². The van der Waals surface area contributed by atoms with Crippen molar-refractivity contribution >= 4 is 34.8 Å². The molecule has 0 spiro atoms. The van der Waals surface area contributed by atoms with Gasteiger partial charge in [0.15, 0.2) is 0 Å². The van der Waals surface area contributed by atoms with E-state index in [1.165, 1.54) is 0 Å². The molecule has 0 aliphatic heterocycles. The molecule has 0 heterocycles. The van der Waals surface area contributed by atoms with Gasteiger partial charge in [-0.25, -0.2) is 0 Å². The normalized spacial score (nSPS) is 10.7. The van der Waals surface area contributed by atoms with Crippen molar-refractivity contribution in [2.24, 2.45) is 0 Å².